The minimum atomic E-state index is -0.0493. The Morgan fingerprint density at radius 2 is 1.81 bits per heavy atom. The first-order chi connectivity index (χ1) is 15.1. The Morgan fingerprint density at radius 3 is 2.55 bits per heavy atom. The van der Waals surface area contributed by atoms with E-state index in [0.29, 0.717) is 46.6 Å². The lowest BCUT2D eigenvalue weighted by Crippen LogP contribution is -2.39. The van der Waals surface area contributed by atoms with Crippen LogP contribution in [0.25, 0.3) is 22.1 Å². The number of benzene rings is 2. The summed E-state index contributed by atoms with van der Waals surface area (Å²) in [6.45, 7) is 3.18. The predicted octanol–water partition coefficient (Wildman–Crippen LogP) is 4.88. The van der Waals surface area contributed by atoms with Crippen LogP contribution in [0.3, 0.4) is 0 Å². The molecule has 1 fully saturated rings. The third kappa shape index (κ3) is 3.35. The number of hydrogen-bond donors (Lipinski definition) is 0. The molecule has 2 heterocycles. The highest BCUT2D eigenvalue weighted by Gasteiger charge is 2.29. The molecule has 1 aliphatic heterocycles. The van der Waals surface area contributed by atoms with Gasteiger partial charge in [0.1, 0.15) is 23.8 Å². The molecule has 6 heteroatoms. The van der Waals surface area contributed by atoms with Gasteiger partial charge in [0.2, 0.25) is 5.43 Å². The molecule has 0 saturated heterocycles. The lowest BCUT2D eigenvalue weighted by atomic mass is 10.00. The highest BCUT2D eigenvalue weighted by Crippen LogP contribution is 2.37. The zero-order valence-corrected chi connectivity index (χ0v) is 18.2. The van der Waals surface area contributed by atoms with Gasteiger partial charge in [-0.3, -0.25) is 9.69 Å². The molecule has 1 aliphatic carbocycles. The number of nitrogens with zero attached hydrogens (tertiary/aromatic N) is 1. The molecule has 162 valence electrons. The first kappa shape index (κ1) is 19.9. The molecule has 2 aliphatic rings. The van der Waals surface area contributed by atoms with Gasteiger partial charge in [-0.15, -0.1) is 0 Å². The van der Waals surface area contributed by atoms with Crippen molar-refractivity contribution in [3.63, 3.8) is 0 Å². The normalized spacial score (nSPS) is 16.9. The average Bonchev–Trinajstić information content (AvgIpc) is 3.33. The Hall–Kier alpha value is -2.99. The van der Waals surface area contributed by atoms with E-state index in [2.05, 4.69) is 4.90 Å². The van der Waals surface area contributed by atoms with E-state index in [0.717, 1.165) is 23.4 Å². The molecule has 0 N–H and O–H groups in total. The summed E-state index contributed by atoms with van der Waals surface area (Å²) in [4.78, 5) is 15.9. The van der Waals surface area contributed by atoms with Crippen molar-refractivity contribution in [2.24, 2.45) is 0 Å². The van der Waals surface area contributed by atoms with Crippen LogP contribution in [0.15, 0.2) is 39.5 Å². The highest BCUT2D eigenvalue weighted by molar-refractivity contribution is 5.87. The van der Waals surface area contributed by atoms with Gasteiger partial charge in [-0.2, -0.15) is 0 Å². The maximum absolute atomic E-state index is 13.5. The fraction of sp³-hybridized carbons (Fsp3) is 0.400. The molecule has 5 rings (SSSR count). The van der Waals surface area contributed by atoms with Gasteiger partial charge in [0, 0.05) is 12.6 Å². The quantitative estimate of drug-likeness (QED) is 0.598. The predicted molar refractivity (Wildman–Crippen MR) is 119 cm³/mol. The van der Waals surface area contributed by atoms with Crippen LogP contribution in [-0.4, -0.2) is 31.9 Å². The maximum Gasteiger partial charge on any atom is 0.200 e. The van der Waals surface area contributed by atoms with Gasteiger partial charge in [0.05, 0.1) is 30.7 Å². The van der Waals surface area contributed by atoms with Crippen LogP contribution >= 0.6 is 0 Å². The summed E-state index contributed by atoms with van der Waals surface area (Å²) in [5.41, 5.74) is 2.83. The van der Waals surface area contributed by atoms with E-state index in [1.165, 1.54) is 25.7 Å². The molecule has 0 bridgehead atoms. The van der Waals surface area contributed by atoms with Crippen LogP contribution in [0.2, 0.25) is 0 Å². The summed E-state index contributed by atoms with van der Waals surface area (Å²) in [5, 5.41) is 0.575. The number of methoxy groups -OCH3 is 2. The van der Waals surface area contributed by atoms with E-state index < -0.39 is 0 Å². The van der Waals surface area contributed by atoms with E-state index in [4.69, 9.17) is 18.6 Å². The third-order valence-electron chi connectivity index (χ3n) is 6.56. The first-order valence-corrected chi connectivity index (χ1v) is 10.8. The van der Waals surface area contributed by atoms with Crippen molar-refractivity contribution >= 4 is 11.0 Å². The monoisotopic (exact) mass is 421 g/mol. The summed E-state index contributed by atoms with van der Waals surface area (Å²) < 4.78 is 23.1. The molecule has 0 spiro atoms. The van der Waals surface area contributed by atoms with Gasteiger partial charge in [-0.1, -0.05) is 18.9 Å². The molecule has 6 nitrogen and oxygen atoms in total. The van der Waals surface area contributed by atoms with Gasteiger partial charge in [-0.25, -0.2) is 0 Å². The lowest BCUT2D eigenvalue weighted by molar-refractivity contribution is 0.0581. The van der Waals surface area contributed by atoms with Crippen LogP contribution in [0, 0.1) is 6.92 Å². The van der Waals surface area contributed by atoms with Crippen LogP contribution in [0.1, 0.15) is 37.0 Å². The fourth-order valence-electron chi connectivity index (χ4n) is 4.92. The molecule has 0 unspecified atom stereocenters. The van der Waals surface area contributed by atoms with Gasteiger partial charge in [0.15, 0.2) is 11.5 Å². The molecule has 31 heavy (non-hydrogen) atoms. The topological polar surface area (TPSA) is 61.1 Å². The Balaban J connectivity index is 1.62. The van der Waals surface area contributed by atoms with E-state index in [-0.39, 0.29) is 5.43 Å². The minimum Gasteiger partial charge on any atom is -0.493 e. The zero-order valence-electron chi connectivity index (χ0n) is 18.2. The highest BCUT2D eigenvalue weighted by atomic mass is 16.5. The summed E-state index contributed by atoms with van der Waals surface area (Å²) in [6.07, 6.45) is 4.95. The largest absolute Gasteiger partial charge is 0.493 e. The standard InChI is InChI=1S/C25H27NO5/c1-15-23(16-8-10-21(28-2)22(12-16)29-3)24(27)18-9-11-20-19(25(18)31-15)13-26(14-30-20)17-6-4-5-7-17/h8-12,17H,4-7,13-14H2,1-3H3. The number of rotatable bonds is 4. The minimum absolute atomic E-state index is 0.0493. The number of aryl methyl sites for hydroxylation is 1. The Kier molecular flexibility index (Phi) is 5.10. The second-order valence-corrected chi connectivity index (χ2v) is 8.31. The van der Waals surface area contributed by atoms with E-state index >= 15 is 0 Å². The summed E-state index contributed by atoms with van der Waals surface area (Å²) in [6, 6.07) is 9.73. The summed E-state index contributed by atoms with van der Waals surface area (Å²) in [5.74, 6) is 2.58. The molecule has 1 saturated carbocycles. The van der Waals surface area contributed by atoms with Gasteiger partial charge in [-0.05, 0) is 49.6 Å². The summed E-state index contributed by atoms with van der Waals surface area (Å²) >= 11 is 0. The Labute approximate surface area is 181 Å². The van der Waals surface area contributed by atoms with Crippen LogP contribution in [0.4, 0.5) is 0 Å². The lowest BCUT2D eigenvalue weighted by Gasteiger charge is -2.33. The number of fused-ring (bicyclic) bond motifs is 3. The smallest absolute Gasteiger partial charge is 0.200 e. The van der Waals surface area contributed by atoms with Crippen LogP contribution in [-0.2, 0) is 6.54 Å². The molecule has 3 aromatic rings. The second-order valence-electron chi connectivity index (χ2n) is 8.31. The zero-order chi connectivity index (χ0) is 21.5. The van der Waals surface area contributed by atoms with E-state index in [9.17, 15) is 4.79 Å². The molecule has 0 amide bonds. The van der Waals surface area contributed by atoms with Crippen molar-refractivity contribution < 1.29 is 18.6 Å². The van der Waals surface area contributed by atoms with E-state index in [1.54, 1.807) is 20.3 Å². The molecule has 0 atom stereocenters. The molecule has 2 aromatic carbocycles. The van der Waals surface area contributed by atoms with Gasteiger partial charge >= 0.3 is 0 Å². The van der Waals surface area contributed by atoms with Crippen molar-refractivity contribution in [3.8, 4) is 28.4 Å². The Morgan fingerprint density at radius 1 is 1.03 bits per heavy atom. The van der Waals surface area contributed by atoms with Gasteiger partial charge in [0.25, 0.3) is 0 Å². The maximum atomic E-state index is 13.5. The van der Waals surface area contributed by atoms with Crippen LogP contribution < -0.4 is 19.6 Å². The third-order valence-corrected chi connectivity index (χ3v) is 6.56. The van der Waals surface area contributed by atoms with Crippen molar-refractivity contribution in [2.45, 2.75) is 45.2 Å². The van der Waals surface area contributed by atoms with Crippen molar-refractivity contribution in [2.75, 3.05) is 21.0 Å². The number of hydrogen-bond acceptors (Lipinski definition) is 6. The molecule has 1 aromatic heterocycles. The molecule has 0 radical (unpaired) electrons. The van der Waals surface area contributed by atoms with Crippen LogP contribution in [0.5, 0.6) is 17.2 Å². The molecular formula is C25H27NO5. The first-order valence-electron chi connectivity index (χ1n) is 10.8. The second kappa shape index (κ2) is 7.93. The van der Waals surface area contributed by atoms with Gasteiger partial charge < -0.3 is 18.6 Å². The molecular weight excluding hydrogens is 394 g/mol. The Bertz CT molecular complexity index is 1190. The van der Waals surface area contributed by atoms with Crippen molar-refractivity contribution in [1.82, 2.24) is 4.90 Å². The van der Waals surface area contributed by atoms with E-state index in [1.807, 2.05) is 31.2 Å². The van der Waals surface area contributed by atoms with Crippen molar-refractivity contribution in [3.05, 3.63) is 51.9 Å². The number of ether oxygens (including phenoxy) is 3. The SMILES string of the molecule is COc1ccc(-c2c(C)oc3c4c(ccc3c2=O)OCN(C2CCCC2)C4)cc1OC. The van der Waals surface area contributed by atoms with Crippen molar-refractivity contribution in [1.29, 1.82) is 0 Å². The fourth-order valence-corrected chi connectivity index (χ4v) is 4.92. The average molecular weight is 421 g/mol. The summed E-state index contributed by atoms with van der Waals surface area (Å²) in [7, 11) is 3.17.